The van der Waals surface area contributed by atoms with Crippen LogP contribution in [0.1, 0.15) is 25.5 Å². The fourth-order valence-electron chi connectivity index (χ4n) is 1.24. The number of hydrogen-bond acceptors (Lipinski definition) is 1. The van der Waals surface area contributed by atoms with Crippen molar-refractivity contribution in [1.82, 2.24) is 0 Å². The van der Waals surface area contributed by atoms with E-state index in [0.29, 0.717) is 0 Å². The number of aliphatic hydroxyl groups excluding tert-OH is 1. The number of hydrogen-bond donors (Lipinski definition) is 1. The molecule has 0 saturated carbocycles. The van der Waals surface area contributed by atoms with Gasteiger partial charge in [-0.2, -0.15) is 0 Å². The van der Waals surface area contributed by atoms with Crippen molar-refractivity contribution in [3.63, 3.8) is 0 Å². The normalized spacial score (nSPS) is 14.6. The van der Waals surface area contributed by atoms with Crippen LogP contribution in [0.2, 0.25) is 0 Å². The second kappa shape index (κ2) is 5.40. The standard InChI is InChI=1S/C13H16O/c1-3-4-8-11(2)13(14)12-9-6-5-7-10-12/h3-10,13-14H,1-2H3/b4-3-,11-8+. The molecule has 0 aliphatic carbocycles. The Balaban J connectivity index is 2.80. The minimum absolute atomic E-state index is 0.493. The molecule has 0 radical (unpaired) electrons. The van der Waals surface area contributed by atoms with Crippen LogP contribution in [-0.4, -0.2) is 5.11 Å². The maximum atomic E-state index is 9.91. The highest BCUT2D eigenvalue weighted by molar-refractivity contribution is 5.26. The fourth-order valence-corrected chi connectivity index (χ4v) is 1.24. The molecule has 1 nitrogen and oxygen atoms in total. The molecule has 0 aliphatic heterocycles. The smallest absolute Gasteiger partial charge is 0.100 e. The summed E-state index contributed by atoms with van der Waals surface area (Å²) >= 11 is 0. The van der Waals surface area contributed by atoms with E-state index in [0.717, 1.165) is 11.1 Å². The Kier molecular flexibility index (Phi) is 4.14. The topological polar surface area (TPSA) is 20.2 Å². The molecule has 1 aromatic rings. The Bertz CT molecular complexity index is 322. The lowest BCUT2D eigenvalue weighted by Crippen LogP contribution is -1.97. The molecule has 1 rings (SSSR count). The summed E-state index contributed by atoms with van der Waals surface area (Å²) in [4.78, 5) is 0. The first-order chi connectivity index (χ1) is 6.75. The predicted molar refractivity (Wildman–Crippen MR) is 60.0 cm³/mol. The molecule has 0 amide bonds. The summed E-state index contributed by atoms with van der Waals surface area (Å²) in [6.45, 7) is 3.89. The van der Waals surface area contributed by atoms with E-state index < -0.39 is 6.10 Å². The quantitative estimate of drug-likeness (QED) is 0.722. The summed E-state index contributed by atoms with van der Waals surface area (Å²) in [5.74, 6) is 0. The van der Waals surface area contributed by atoms with Gasteiger partial charge in [0.05, 0.1) is 0 Å². The molecular weight excluding hydrogens is 172 g/mol. The highest BCUT2D eigenvalue weighted by Gasteiger charge is 2.07. The fraction of sp³-hybridized carbons (Fsp3) is 0.231. The average Bonchev–Trinajstić information content (AvgIpc) is 2.26. The largest absolute Gasteiger partial charge is 0.384 e. The number of benzene rings is 1. The van der Waals surface area contributed by atoms with Gasteiger partial charge < -0.3 is 5.11 Å². The van der Waals surface area contributed by atoms with E-state index >= 15 is 0 Å². The molecule has 0 bridgehead atoms. The van der Waals surface area contributed by atoms with Crippen LogP contribution in [0.3, 0.4) is 0 Å². The molecule has 0 aliphatic rings. The number of rotatable bonds is 3. The van der Waals surface area contributed by atoms with E-state index in [1.807, 2.05) is 62.4 Å². The van der Waals surface area contributed by atoms with Gasteiger partial charge in [0.1, 0.15) is 6.10 Å². The van der Waals surface area contributed by atoms with Crippen LogP contribution in [0.25, 0.3) is 0 Å². The highest BCUT2D eigenvalue weighted by atomic mass is 16.3. The molecule has 0 saturated heterocycles. The van der Waals surface area contributed by atoms with E-state index in [4.69, 9.17) is 0 Å². The zero-order valence-corrected chi connectivity index (χ0v) is 8.64. The lowest BCUT2D eigenvalue weighted by molar-refractivity contribution is 0.216. The zero-order valence-electron chi connectivity index (χ0n) is 8.64. The summed E-state index contributed by atoms with van der Waals surface area (Å²) in [7, 11) is 0. The molecular formula is C13H16O. The van der Waals surface area contributed by atoms with Gasteiger partial charge >= 0.3 is 0 Å². The van der Waals surface area contributed by atoms with Crippen molar-refractivity contribution < 1.29 is 5.11 Å². The minimum Gasteiger partial charge on any atom is -0.384 e. The number of aliphatic hydroxyl groups is 1. The molecule has 1 N–H and O–H groups in total. The van der Waals surface area contributed by atoms with E-state index in [1.54, 1.807) is 0 Å². The maximum Gasteiger partial charge on any atom is 0.100 e. The van der Waals surface area contributed by atoms with Gasteiger partial charge in [0.15, 0.2) is 0 Å². The Morgan fingerprint density at radius 1 is 1.29 bits per heavy atom. The summed E-state index contributed by atoms with van der Waals surface area (Å²) in [6.07, 6.45) is 5.31. The van der Waals surface area contributed by atoms with Gasteiger partial charge in [-0.3, -0.25) is 0 Å². The van der Waals surface area contributed by atoms with Gasteiger partial charge in [0.25, 0.3) is 0 Å². The van der Waals surface area contributed by atoms with Crippen LogP contribution < -0.4 is 0 Å². The van der Waals surface area contributed by atoms with Crippen molar-refractivity contribution in [2.45, 2.75) is 20.0 Å². The molecule has 1 atom stereocenters. The van der Waals surface area contributed by atoms with Crippen LogP contribution in [0, 0.1) is 0 Å². The van der Waals surface area contributed by atoms with Crippen LogP contribution in [0.15, 0.2) is 54.1 Å². The monoisotopic (exact) mass is 188 g/mol. The van der Waals surface area contributed by atoms with E-state index in [1.165, 1.54) is 0 Å². The lowest BCUT2D eigenvalue weighted by Gasteiger charge is -2.10. The first kappa shape index (κ1) is 10.7. The summed E-state index contributed by atoms with van der Waals surface area (Å²) < 4.78 is 0. The molecule has 14 heavy (non-hydrogen) atoms. The summed E-state index contributed by atoms with van der Waals surface area (Å²) in [6, 6.07) is 9.67. The minimum atomic E-state index is -0.493. The third kappa shape index (κ3) is 2.86. The van der Waals surface area contributed by atoms with Crippen molar-refractivity contribution in [2.24, 2.45) is 0 Å². The molecule has 74 valence electrons. The van der Waals surface area contributed by atoms with Gasteiger partial charge in [0.2, 0.25) is 0 Å². The Morgan fingerprint density at radius 2 is 1.93 bits per heavy atom. The van der Waals surface area contributed by atoms with E-state index in [2.05, 4.69) is 0 Å². The Morgan fingerprint density at radius 3 is 2.50 bits per heavy atom. The van der Waals surface area contributed by atoms with Gasteiger partial charge in [0, 0.05) is 0 Å². The first-order valence-corrected chi connectivity index (χ1v) is 4.78. The van der Waals surface area contributed by atoms with E-state index in [-0.39, 0.29) is 0 Å². The Hall–Kier alpha value is -1.34. The Labute approximate surface area is 85.4 Å². The van der Waals surface area contributed by atoms with Crippen molar-refractivity contribution >= 4 is 0 Å². The third-order valence-electron chi connectivity index (χ3n) is 2.10. The van der Waals surface area contributed by atoms with Crippen LogP contribution in [0.5, 0.6) is 0 Å². The predicted octanol–water partition coefficient (Wildman–Crippen LogP) is 3.24. The average molecular weight is 188 g/mol. The zero-order chi connectivity index (χ0) is 10.4. The first-order valence-electron chi connectivity index (χ1n) is 4.78. The molecule has 1 unspecified atom stereocenters. The molecule has 1 aromatic carbocycles. The van der Waals surface area contributed by atoms with Crippen molar-refractivity contribution in [3.05, 3.63) is 59.7 Å². The molecule has 0 aromatic heterocycles. The molecule has 1 heteroatoms. The summed E-state index contributed by atoms with van der Waals surface area (Å²) in [5.41, 5.74) is 1.89. The van der Waals surface area contributed by atoms with Crippen LogP contribution in [0.4, 0.5) is 0 Å². The molecule has 0 heterocycles. The van der Waals surface area contributed by atoms with E-state index in [9.17, 15) is 5.11 Å². The van der Waals surface area contributed by atoms with Crippen molar-refractivity contribution in [2.75, 3.05) is 0 Å². The van der Waals surface area contributed by atoms with Crippen molar-refractivity contribution in [1.29, 1.82) is 0 Å². The number of allylic oxidation sites excluding steroid dienone is 3. The SMILES string of the molecule is C/C=C\C=C(/C)C(O)c1ccccc1. The lowest BCUT2D eigenvalue weighted by atomic mass is 10.0. The second-order valence-corrected chi connectivity index (χ2v) is 3.25. The van der Waals surface area contributed by atoms with Gasteiger partial charge in [-0.15, -0.1) is 0 Å². The van der Waals surface area contributed by atoms with Crippen molar-refractivity contribution in [3.8, 4) is 0 Å². The third-order valence-corrected chi connectivity index (χ3v) is 2.10. The highest BCUT2D eigenvalue weighted by Crippen LogP contribution is 2.20. The second-order valence-electron chi connectivity index (χ2n) is 3.25. The molecule has 0 spiro atoms. The van der Waals surface area contributed by atoms with Gasteiger partial charge in [-0.1, -0.05) is 48.6 Å². The summed E-state index contributed by atoms with van der Waals surface area (Å²) in [5, 5.41) is 9.91. The molecule has 0 fully saturated rings. The van der Waals surface area contributed by atoms with Crippen LogP contribution in [-0.2, 0) is 0 Å². The van der Waals surface area contributed by atoms with Crippen LogP contribution >= 0.6 is 0 Å². The van der Waals surface area contributed by atoms with Gasteiger partial charge in [-0.25, -0.2) is 0 Å². The van der Waals surface area contributed by atoms with Gasteiger partial charge in [-0.05, 0) is 25.0 Å². The maximum absolute atomic E-state index is 9.91.